The van der Waals surface area contributed by atoms with E-state index in [1.807, 2.05) is 31.2 Å². The standard InChI is InChI=1S/C21H21NO4/c1-13-10-11-22(19(13)20(23)24)21(25)26-12-18-16-8-4-2-6-14(16)15-7-3-5-9-17(15)18/h2-9,13,18-19H,10-12H2,1H3,(H,23,24). The second-order valence-corrected chi connectivity index (χ2v) is 7.05. The zero-order valence-corrected chi connectivity index (χ0v) is 14.6. The summed E-state index contributed by atoms with van der Waals surface area (Å²) in [6.07, 6.45) is 0.143. The lowest BCUT2D eigenvalue weighted by molar-refractivity contribution is -0.142. The lowest BCUT2D eigenvalue weighted by atomic mass is 9.98. The first-order chi connectivity index (χ1) is 12.6. The predicted molar refractivity (Wildman–Crippen MR) is 97.0 cm³/mol. The monoisotopic (exact) mass is 351 g/mol. The number of hydrogen-bond donors (Lipinski definition) is 1. The number of carboxylic acid groups (broad SMARTS) is 1. The molecule has 5 nitrogen and oxygen atoms in total. The second kappa shape index (κ2) is 6.48. The van der Waals surface area contributed by atoms with Crippen molar-refractivity contribution in [2.24, 2.45) is 5.92 Å². The van der Waals surface area contributed by atoms with Gasteiger partial charge in [0.25, 0.3) is 0 Å². The fourth-order valence-corrected chi connectivity index (χ4v) is 4.21. The number of nitrogens with zero attached hydrogens (tertiary/aromatic N) is 1. The van der Waals surface area contributed by atoms with Crippen LogP contribution in [-0.2, 0) is 9.53 Å². The van der Waals surface area contributed by atoms with Gasteiger partial charge in [-0.3, -0.25) is 4.90 Å². The summed E-state index contributed by atoms with van der Waals surface area (Å²) in [6.45, 7) is 2.49. The Hall–Kier alpha value is -2.82. The average molecular weight is 351 g/mol. The van der Waals surface area contributed by atoms with Gasteiger partial charge in [0.15, 0.2) is 0 Å². The summed E-state index contributed by atoms with van der Waals surface area (Å²) in [5, 5.41) is 9.39. The molecule has 4 rings (SSSR count). The number of rotatable bonds is 3. The number of fused-ring (bicyclic) bond motifs is 3. The third-order valence-electron chi connectivity index (χ3n) is 5.52. The first-order valence-electron chi connectivity index (χ1n) is 8.92. The minimum atomic E-state index is -0.969. The molecule has 1 amide bonds. The van der Waals surface area contributed by atoms with Gasteiger partial charge in [0.1, 0.15) is 12.6 Å². The van der Waals surface area contributed by atoms with Crippen molar-refractivity contribution in [3.63, 3.8) is 0 Å². The number of benzene rings is 2. The lowest BCUT2D eigenvalue weighted by Gasteiger charge is -2.24. The Morgan fingerprint density at radius 2 is 1.65 bits per heavy atom. The molecule has 2 unspecified atom stereocenters. The fraction of sp³-hybridized carbons (Fsp3) is 0.333. The summed E-state index contributed by atoms with van der Waals surface area (Å²) in [4.78, 5) is 25.3. The highest BCUT2D eigenvalue weighted by Gasteiger charge is 2.41. The number of aliphatic carboxylic acids is 1. The molecule has 1 fully saturated rings. The lowest BCUT2D eigenvalue weighted by Crippen LogP contribution is -2.43. The summed E-state index contributed by atoms with van der Waals surface area (Å²) in [7, 11) is 0. The van der Waals surface area contributed by atoms with Gasteiger partial charge >= 0.3 is 12.1 Å². The molecule has 0 aromatic heterocycles. The van der Waals surface area contributed by atoms with Crippen LogP contribution in [0, 0.1) is 5.92 Å². The number of ether oxygens (including phenoxy) is 1. The van der Waals surface area contributed by atoms with Crippen LogP contribution in [0.25, 0.3) is 11.1 Å². The topological polar surface area (TPSA) is 66.8 Å². The highest BCUT2D eigenvalue weighted by atomic mass is 16.6. The summed E-state index contributed by atoms with van der Waals surface area (Å²) < 4.78 is 5.58. The Balaban J connectivity index is 1.53. The van der Waals surface area contributed by atoms with Crippen LogP contribution in [0.1, 0.15) is 30.4 Å². The van der Waals surface area contributed by atoms with Crippen molar-refractivity contribution < 1.29 is 19.4 Å². The zero-order chi connectivity index (χ0) is 18.3. The Morgan fingerprint density at radius 1 is 1.08 bits per heavy atom. The van der Waals surface area contributed by atoms with Crippen molar-refractivity contribution in [1.82, 2.24) is 4.90 Å². The van der Waals surface area contributed by atoms with Gasteiger partial charge in [-0.2, -0.15) is 0 Å². The van der Waals surface area contributed by atoms with Crippen LogP contribution in [0.15, 0.2) is 48.5 Å². The molecule has 2 aromatic carbocycles. The summed E-state index contributed by atoms with van der Waals surface area (Å²) in [6, 6.07) is 15.5. The Bertz CT molecular complexity index is 817. The summed E-state index contributed by atoms with van der Waals surface area (Å²) >= 11 is 0. The van der Waals surface area contributed by atoms with E-state index in [1.54, 1.807) is 0 Å². The molecule has 0 radical (unpaired) electrons. The van der Waals surface area contributed by atoms with Crippen molar-refractivity contribution in [1.29, 1.82) is 0 Å². The predicted octanol–water partition coefficient (Wildman–Crippen LogP) is 3.73. The second-order valence-electron chi connectivity index (χ2n) is 7.05. The Morgan fingerprint density at radius 3 is 2.23 bits per heavy atom. The first-order valence-corrected chi connectivity index (χ1v) is 8.92. The fourth-order valence-electron chi connectivity index (χ4n) is 4.21. The smallest absolute Gasteiger partial charge is 0.410 e. The van der Waals surface area contributed by atoms with Gasteiger partial charge in [-0.15, -0.1) is 0 Å². The number of likely N-dealkylation sites (tertiary alicyclic amines) is 1. The number of carbonyl (C=O) groups excluding carboxylic acids is 1. The van der Waals surface area contributed by atoms with Crippen molar-refractivity contribution in [2.45, 2.75) is 25.3 Å². The van der Waals surface area contributed by atoms with E-state index in [1.165, 1.54) is 16.0 Å². The molecule has 5 heteroatoms. The van der Waals surface area contributed by atoms with Gasteiger partial charge in [0, 0.05) is 12.5 Å². The molecule has 1 aliphatic heterocycles. The highest BCUT2D eigenvalue weighted by Crippen LogP contribution is 2.44. The van der Waals surface area contributed by atoms with Crippen LogP contribution in [0.2, 0.25) is 0 Å². The molecule has 26 heavy (non-hydrogen) atoms. The van der Waals surface area contributed by atoms with Crippen LogP contribution in [-0.4, -0.2) is 41.3 Å². The molecule has 0 spiro atoms. The third-order valence-corrected chi connectivity index (χ3v) is 5.52. The van der Waals surface area contributed by atoms with Crippen LogP contribution < -0.4 is 0 Å². The van der Waals surface area contributed by atoms with Gasteiger partial charge in [0.2, 0.25) is 0 Å². The average Bonchev–Trinajstić information content (AvgIpc) is 3.18. The molecular formula is C21H21NO4. The molecule has 2 atom stereocenters. The summed E-state index contributed by atoms with van der Waals surface area (Å²) in [5.41, 5.74) is 4.63. The largest absolute Gasteiger partial charge is 0.480 e. The van der Waals surface area contributed by atoms with Gasteiger partial charge in [0.05, 0.1) is 0 Å². The molecule has 1 heterocycles. The van der Waals surface area contributed by atoms with Crippen molar-refractivity contribution in [2.75, 3.05) is 13.2 Å². The number of hydrogen-bond acceptors (Lipinski definition) is 3. The zero-order valence-electron chi connectivity index (χ0n) is 14.6. The van der Waals surface area contributed by atoms with E-state index in [-0.39, 0.29) is 18.4 Å². The molecule has 1 saturated heterocycles. The normalized spacial score (nSPS) is 21.3. The molecule has 134 valence electrons. The van der Waals surface area contributed by atoms with Crippen LogP contribution in [0.4, 0.5) is 4.79 Å². The van der Waals surface area contributed by atoms with Crippen LogP contribution >= 0.6 is 0 Å². The third kappa shape index (κ3) is 2.64. The van der Waals surface area contributed by atoms with Crippen LogP contribution in [0.5, 0.6) is 0 Å². The quantitative estimate of drug-likeness (QED) is 0.915. The van der Waals surface area contributed by atoms with Crippen molar-refractivity contribution in [3.8, 4) is 11.1 Å². The van der Waals surface area contributed by atoms with E-state index in [4.69, 9.17) is 4.74 Å². The molecule has 0 bridgehead atoms. The van der Waals surface area contributed by atoms with Gasteiger partial charge in [-0.25, -0.2) is 9.59 Å². The molecular weight excluding hydrogens is 330 g/mol. The Labute approximate surface area is 152 Å². The maximum Gasteiger partial charge on any atom is 0.410 e. The maximum absolute atomic E-state index is 12.5. The van der Waals surface area contributed by atoms with E-state index >= 15 is 0 Å². The molecule has 1 aliphatic carbocycles. The van der Waals surface area contributed by atoms with Crippen molar-refractivity contribution in [3.05, 3.63) is 59.7 Å². The van der Waals surface area contributed by atoms with Crippen LogP contribution in [0.3, 0.4) is 0 Å². The first kappa shape index (κ1) is 16.6. The van der Waals surface area contributed by atoms with Gasteiger partial charge in [-0.1, -0.05) is 55.5 Å². The van der Waals surface area contributed by atoms with Gasteiger partial charge < -0.3 is 9.84 Å². The SMILES string of the molecule is CC1CCN(C(=O)OCC2c3ccccc3-c3ccccc32)C1C(=O)O. The van der Waals surface area contributed by atoms with E-state index in [9.17, 15) is 14.7 Å². The Kier molecular flexibility index (Phi) is 4.15. The van der Waals surface area contributed by atoms with E-state index in [0.717, 1.165) is 11.1 Å². The molecule has 2 aromatic rings. The number of carbonyl (C=O) groups is 2. The minimum Gasteiger partial charge on any atom is -0.480 e. The molecule has 0 saturated carbocycles. The molecule has 1 N–H and O–H groups in total. The number of carboxylic acids is 1. The molecule has 2 aliphatic rings. The minimum absolute atomic E-state index is 0.0188. The maximum atomic E-state index is 12.5. The van der Waals surface area contributed by atoms with Crippen molar-refractivity contribution >= 4 is 12.1 Å². The van der Waals surface area contributed by atoms with Gasteiger partial charge in [-0.05, 0) is 34.6 Å². The van der Waals surface area contributed by atoms with E-state index < -0.39 is 18.1 Å². The highest BCUT2D eigenvalue weighted by molar-refractivity contribution is 5.82. The van der Waals surface area contributed by atoms with E-state index in [0.29, 0.717) is 13.0 Å². The number of amides is 1. The van der Waals surface area contributed by atoms with E-state index in [2.05, 4.69) is 24.3 Å². The summed E-state index contributed by atoms with van der Waals surface area (Å²) in [5.74, 6) is -1.05.